The normalized spacial score (nSPS) is 15.4. The van der Waals surface area contributed by atoms with Crippen LogP contribution in [0.1, 0.15) is 15.9 Å². The third kappa shape index (κ3) is 4.54. The number of esters is 1. The maximum atomic E-state index is 14.9. The maximum absolute atomic E-state index is 14.9. The van der Waals surface area contributed by atoms with Crippen molar-refractivity contribution in [1.82, 2.24) is 14.7 Å². The summed E-state index contributed by atoms with van der Waals surface area (Å²) in [6.07, 6.45) is 1.67. The third-order valence-electron chi connectivity index (χ3n) is 5.68. The van der Waals surface area contributed by atoms with E-state index in [0.29, 0.717) is 11.2 Å². The number of ether oxygens (including phenoxy) is 1. The Labute approximate surface area is 190 Å². The highest BCUT2D eigenvalue weighted by atomic mass is 32.2. The molecule has 1 aliphatic rings. The summed E-state index contributed by atoms with van der Waals surface area (Å²) in [7, 11) is -0.229. The van der Waals surface area contributed by atoms with Crippen molar-refractivity contribution in [3.05, 3.63) is 59.5 Å². The van der Waals surface area contributed by atoms with Crippen LogP contribution in [0.5, 0.6) is 0 Å². The van der Waals surface area contributed by atoms with Gasteiger partial charge in [-0.3, -0.25) is 9.58 Å². The minimum absolute atomic E-state index is 0.0583. The lowest BCUT2D eigenvalue weighted by Crippen LogP contribution is -2.50. The largest absolute Gasteiger partial charge is 0.465 e. The standard InChI is InChI=1S/C22H23FN4O5S/c1-25-20-16(13-24-25)4-3-5-19(20)27(22(29)26-8-10-33(30,31)11-9-26)14-17-7-6-15(12-18(17)23)21(28)32-2/h3-7,12-13H,8-11,14H2,1-2H3. The minimum Gasteiger partial charge on any atom is -0.465 e. The van der Waals surface area contributed by atoms with Crippen molar-refractivity contribution in [2.75, 3.05) is 36.6 Å². The van der Waals surface area contributed by atoms with Gasteiger partial charge in [-0.05, 0) is 18.2 Å². The van der Waals surface area contributed by atoms with Crippen LogP contribution in [0.25, 0.3) is 10.9 Å². The molecule has 1 fully saturated rings. The molecule has 0 atom stereocenters. The summed E-state index contributed by atoms with van der Waals surface area (Å²) in [4.78, 5) is 28.1. The fourth-order valence-electron chi connectivity index (χ4n) is 3.85. The molecule has 1 aliphatic heterocycles. The van der Waals surface area contributed by atoms with Gasteiger partial charge < -0.3 is 9.64 Å². The SMILES string of the molecule is COC(=O)c1ccc(CN(C(=O)N2CCS(=O)(=O)CC2)c2cccc3cnn(C)c23)c(F)c1. The summed E-state index contributed by atoms with van der Waals surface area (Å²) in [5.41, 5.74) is 1.45. The van der Waals surface area contributed by atoms with Crippen LogP contribution < -0.4 is 4.90 Å². The Hall–Kier alpha value is -3.47. The zero-order valence-electron chi connectivity index (χ0n) is 18.2. The molecule has 0 spiro atoms. The van der Waals surface area contributed by atoms with Crippen LogP contribution in [0, 0.1) is 5.82 Å². The van der Waals surface area contributed by atoms with Gasteiger partial charge in [0.2, 0.25) is 0 Å². The molecule has 2 heterocycles. The van der Waals surface area contributed by atoms with Crippen molar-refractivity contribution in [2.45, 2.75) is 6.54 Å². The van der Waals surface area contributed by atoms with Gasteiger partial charge in [0.05, 0.1) is 48.1 Å². The number of carbonyl (C=O) groups excluding carboxylic acids is 2. The van der Waals surface area contributed by atoms with E-state index in [1.807, 2.05) is 6.07 Å². The molecular weight excluding hydrogens is 451 g/mol. The molecule has 9 nitrogen and oxygen atoms in total. The summed E-state index contributed by atoms with van der Waals surface area (Å²) in [6.45, 7) is -0.00869. The minimum atomic E-state index is -3.18. The van der Waals surface area contributed by atoms with Gasteiger partial charge in [0, 0.05) is 31.1 Å². The van der Waals surface area contributed by atoms with E-state index in [9.17, 15) is 22.4 Å². The number of sulfone groups is 1. The Morgan fingerprint density at radius 3 is 2.58 bits per heavy atom. The average molecular weight is 475 g/mol. The quantitative estimate of drug-likeness (QED) is 0.538. The number of halogens is 1. The maximum Gasteiger partial charge on any atom is 0.337 e. The molecule has 11 heteroatoms. The van der Waals surface area contributed by atoms with E-state index >= 15 is 0 Å². The van der Waals surface area contributed by atoms with E-state index in [4.69, 9.17) is 0 Å². The van der Waals surface area contributed by atoms with Gasteiger partial charge in [0.1, 0.15) is 5.82 Å². The zero-order valence-corrected chi connectivity index (χ0v) is 19.0. The lowest BCUT2D eigenvalue weighted by molar-refractivity contribution is 0.0600. The van der Waals surface area contributed by atoms with Crippen molar-refractivity contribution in [1.29, 1.82) is 0 Å². The first-order valence-corrected chi connectivity index (χ1v) is 12.1. The number of fused-ring (bicyclic) bond motifs is 1. The molecule has 0 N–H and O–H groups in total. The number of nitrogens with zero attached hydrogens (tertiary/aromatic N) is 4. The second kappa shape index (κ2) is 8.81. The van der Waals surface area contributed by atoms with Gasteiger partial charge in [-0.15, -0.1) is 0 Å². The smallest absolute Gasteiger partial charge is 0.337 e. The molecule has 174 valence electrons. The van der Waals surface area contributed by atoms with Crippen LogP contribution in [0.15, 0.2) is 42.6 Å². The van der Waals surface area contributed by atoms with E-state index in [-0.39, 0.29) is 42.3 Å². The molecule has 0 unspecified atom stereocenters. The van der Waals surface area contributed by atoms with E-state index < -0.39 is 27.7 Å². The van der Waals surface area contributed by atoms with Crippen molar-refractivity contribution in [3.63, 3.8) is 0 Å². The number of carbonyl (C=O) groups is 2. The van der Waals surface area contributed by atoms with Gasteiger partial charge in [0.15, 0.2) is 9.84 Å². The zero-order chi connectivity index (χ0) is 23.8. The number of hydrogen-bond donors (Lipinski definition) is 0. The molecule has 0 radical (unpaired) electrons. The first-order valence-electron chi connectivity index (χ1n) is 10.2. The highest BCUT2D eigenvalue weighted by Crippen LogP contribution is 2.29. The fraction of sp³-hybridized carbons (Fsp3) is 0.318. The van der Waals surface area contributed by atoms with Crippen molar-refractivity contribution in [2.24, 2.45) is 7.05 Å². The number of aryl methyl sites for hydroxylation is 1. The number of rotatable bonds is 4. The summed E-state index contributed by atoms with van der Waals surface area (Å²) in [6, 6.07) is 8.88. The van der Waals surface area contributed by atoms with Crippen LogP contribution in [-0.4, -0.2) is 66.8 Å². The Kier molecular flexibility index (Phi) is 6.07. The van der Waals surface area contributed by atoms with Gasteiger partial charge in [0.25, 0.3) is 0 Å². The lowest BCUT2D eigenvalue weighted by atomic mass is 10.1. The van der Waals surface area contributed by atoms with Crippen LogP contribution in [0.4, 0.5) is 14.9 Å². The molecule has 0 bridgehead atoms. The summed E-state index contributed by atoms with van der Waals surface area (Å²) in [5.74, 6) is -1.56. The molecule has 33 heavy (non-hydrogen) atoms. The average Bonchev–Trinajstić information content (AvgIpc) is 3.18. The number of para-hydroxylation sites is 1. The van der Waals surface area contributed by atoms with Gasteiger partial charge in [-0.2, -0.15) is 5.10 Å². The van der Waals surface area contributed by atoms with Crippen LogP contribution in [0.3, 0.4) is 0 Å². The number of anilines is 1. The predicted octanol–water partition coefficient (Wildman–Crippen LogP) is 2.36. The van der Waals surface area contributed by atoms with Gasteiger partial charge in [-0.25, -0.2) is 22.4 Å². The van der Waals surface area contributed by atoms with Gasteiger partial charge in [-0.1, -0.05) is 18.2 Å². The van der Waals surface area contributed by atoms with Crippen LogP contribution in [-0.2, 0) is 28.2 Å². The lowest BCUT2D eigenvalue weighted by Gasteiger charge is -2.33. The summed E-state index contributed by atoms with van der Waals surface area (Å²) in [5, 5.41) is 5.06. The molecule has 0 aliphatic carbocycles. The van der Waals surface area contributed by atoms with Gasteiger partial charge >= 0.3 is 12.0 Å². The van der Waals surface area contributed by atoms with Crippen molar-refractivity contribution >= 4 is 38.4 Å². The molecule has 4 rings (SSSR count). The number of benzene rings is 2. The first-order chi connectivity index (χ1) is 15.7. The molecule has 1 saturated heterocycles. The molecule has 2 amide bonds. The molecule has 1 aromatic heterocycles. The second-order valence-corrected chi connectivity index (χ2v) is 10.1. The van der Waals surface area contributed by atoms with E-state index in [2.05, 4.69) is 9.84 Å². The van der Waals surface area contributed by atoms with Crippen molar-refractivity contribution < 1.29 is 27.1 Å². The highest BCUT2D eigenvalue weighted by molar-refractivity contribution is 7.91. The van der Waals surface area contributed by atoms with E-state index in [0.717, 1.165) is 11.5 Å². The number of methoxy groups -OCH3 is 1. The number of aromatic nitrogens is 2. The number of urea groups is 1. The van der Waals surface area contributed by atoms with Crippen molar-refractivity contribution in [3.8, 4) is 0 Å². The van der Waals surface area contributed by atoms with Crippen LogP contribution >= 0.6 is 0 Å². The Balaban J connectivity index is 1.74. The fourth-order valence-corrected chi connectivity index (χ4v) is 5.05. The molecular formula is C22H23FN4O5S. The monoisotopic (exact) mass is 474 g/mol. The Morgan fingerprint density at radius 1 is 1.18 bits per heavy atom. The van der Waals surface area contributed by atoms with Crippen LogP contribution in [0.2, 0.25) is 0 Å². The summed E-state index contributed by atoms with van der Waals surface area (Å²) < 4.78 is 44.8. The van der Waals surface area contributed by atoms with E-state index in [1.165, 1.54) is 29.0 Å². The number of amides is 2. The summed E-state index contributed by atoms with van der Waals surface area (Å²) >= 11 is 0. The predicted molar refractivity (Wildman–Crippen MR) is 120 cm³/mol. The highest BCUT2D eigenvalue weighted by Gasteiger charge is 2.30. The molecule has 0 saturated carbocycles. The Morgan fingerprint density at radius 2 is 1.91 bits per heavy atom. The molecule has 3 aromatic rings. The third-order valence-corrected chi connectivity index (χ3v) is 7.29. The Bertz CT molecular complexity index is 1320. The first kappa shape index (κ1) is 22.7. The second-order valence-electron chi connectivity index (χ2n) is 7.79. The topological polar surface area (TPSA) is 102 Å². The molecule has 2 aromatic carbocycles. The number of hydrogen-bond acceptors (Lipinski definition) is 6. The van der Waals surface area contributed by atoms with E-state index in [1.54, 1.807) is 30.1 Å².